The molecule has 2 aromatic rings. The van der Waals surface area contributed by atoms with Crippen LogP contribution in [0.4, 0.5) is 5.82 Å². The Kier molecular flexibility index (Phi) is 1.88. The first kappa shape index (κ1) is 8.61. The van der Waals surface area contributed by atoms with Gasteiger partial charge in [0, 0.05) is 18.3 Å². The molecule has 0 unspecified atom stereocenters. The molecule has 0 aliphatic heterocycles. The minimum absolute atomic E-state index is 0.445. The Labute approximate surface area is 81.1 Å². The molecule has 6 nitrogen and oxygen atoms in total. The van der Waals surface area contributed by atoms with Crippen LogP contribution in [0.3, 0.4) is 0 Å². The lowest BCUT2D eigenvalue weighted by Crippen LogP contribution is -2.09. The maximum absolute atomic E-state index is 5.72. The normalized spacial score (nSPS) is 10.6. The van der Waals surface area contributed by atoms with E-state index in [1.807, 2.05) is 17.8 Å². The number of rotatable bonds is 2. The first-order chi connectivity index (χ1) is 6.72. The fraction of sp³-hybridized carbons (Fsp3) is 0.250. The van der Waals surface area contributed by atoms with Crippen LogP contribution in [0.25, 0.3) is 11.3 Å². The van der Waals surface area contributed by atoms with Gasteiger partial charge in [-0.25, -0.2) is 9.66 Å². The molecule has 14 heavy (non-hydrogen) atoms. The number of anilines is 1. The maximum atomic E-state index is 5.72. The second-order valence-electron chi connectivity index (χ2n) is 2.97. The summed E-state index contributed by atoms with van der Waals surface area (Å²) in [6, 6.07) is 0. The number of imidazole rings is 1. The van der Waals surface area contributed by atoms with E-state index in [9.17, 15) is 0 Å². The Hall–Kier alpha value is -1.98. The molecule has 6 heteroatoms. The SMILES string of the molecule is CCn1cc(-c2ncn(N)c2N)cn1. The molecule has 0 aromatic carbocycles. The summed E-state index contributed by atoms with van der Waals surface area (Å²) in [6.07, 6.45) is 5.09. The van der Waals surface area contributed by atoms with Gasteiger partial charge in [0.1, 0.15) is 12.0 Å². The van der Waals surface area contributed by atoms with Crippen LogP contribution >= 0.6 is 0 Å². The number of hydrogen-bond acceptors (Lipinski definition) is 4. The molecule has 4 N–H and O–H groups in total. The summed E-state index contributed by atoms with van der Waals surface area (Å²) in [5, 5.41) is 4.13. The third-order valence-corrected chi connectivity index (χ3v) is 2.06. The monoisotopic (exact) mass is 192 g/mol. The molecule has 0 saturated heterocycles. The van der Waals surface area contributed by atoms with Crippen molar-refractivity contribution in [2.24, 2.45) is 0 Å². The Morgan fingerprint density at radius 1 is 1.50 bits per heavy atom. The first-order valence-electron chi connectivity index (χ1n) is 4.33. The summed E-state index contributed by atoms with van der Waals surface area (Å²) in [6.45, 7) is 2.84. The second-order valence-corrected chi connectivity index (χ2v) is 2.97. The minimum Gasteiger partial charge on any atom is -0.382 e. The largest absolute Gasteiger partial charge is 0.382 e. The Morgan fingerprint density at radius 3 is 2.79 bits per heavy atom. The number of hydrogen-bond donors (Lipinski definition) is 2. The van der Waals surface area contributed by atoms with Crippen LogP contribution in [-0.4, -0.2) is 19.4 Å². The van der Waals surface area contributed by atoms with Gasteiger partial charge in [-0.1, -0.05) is 0 Å². The zero-order valence-electron chi connectivity index (χ0n) is 7.88. The molecular formula is C8H12N6. The van der Waals surface area contributed by atoms with Gasteiger partial charge in [0.2, 0.25) is 0 Å². The van der Waals surface area contributed by atoms with E-state index in [4.69, 9.17) is 11.6 Å². The predicted molar refractivity (Wildman–Crippen MR) is 53.7 cm³/mol. The van der Waals surface area contributed by atoms with Gasteiger partial charge in [-0.2, -0.15) is 5.10 Å². The smallest absolute Gasteiger partial charge is 0.150 e. The Balaban J connectivity index is 2.44. The standard InChI is InChI=1S/C8H12N6/c1-2-13-4-6(3-12-13)7-8(9)14(10)5-11-7/h3-5H,2,9-10H2,1H3. The zero-order chi connectivity index (χ0) is 10.1. The van der Waals surface area contributed by atoms with Crippen molar-refractivity contribution in [3.8, 4) is 11.3 Å². The summed E-state index contributed by atoms with van der Waals surface area (Å²) in [5.41, 5.74) is 7.28. The lowest BCUT2D eigenvalue weighted by atomic mass is 10.2. The summed E-state index contributed by atoms with van der Waals surface area (Å²) in [7, 11) is 0. The van der Waals surface area contributed by atoms with Crippen molar-refractivity contribution >= 4 is 5.82 Å². The highest BCUT2D eigenvalue weighted by atomic mass is 15.3. The summed E-state index contributed by atoms with van der Waals surface area (Å²) < 4.78 is 3.10. The van der Waals surface area contributed by atoms with Gasteiger partial charge in [0.05, 0.1) is 6.20 Å². The van der Waals surface area contributed by atoms with Gasteiger partial charge >= 0.3 is 0 Å². The van der Waals surface area contributed by atoms with Gasteiger partial charge in [0.15, 0.2) is 5.82 Å². The molecule has 0 fully saturated rings. The molecule has 0 radical (unpaired) electrons. The highest BCUT2D eigenvalue weighted by Gasteiger charge is 2.09. The number of aromatic nitrogens is 4. The molecule has 0 atom stereocenters. The van der Waals surface area contributed by atoms with E-state index < -0.39 is 0 Å². The number of nitrogens with two attached hydrogens (primary N) is 2. The van der Waals surface area contributed by atoms with Gasteiger partial charge in [0.25, 0.3) is 0 Å². The van der Waals surface area contributed by atoms with Crippen LogP contribution in [0, 0.1) is 0 Å². The van der Waals surface area contributed by atoms with E-state index in [-0.39, 0.29) is 0 Å². The van der Waals surface area contributed by atoms with Gasteiger partial charge in [-0.05, 0) is 6.92 Å². The highest BCUT2D eigenvalue weighted by molar-refractivity contribution is 5.69. The molecule has 2 rings (SSSR count). The van der Waals surface area contributed by atoms with Crippen LogP contribution in [0.2, 0.25) is 0 Å². The third-order valence-electron chi connectivity index (χ3n) is 2.06. The third kappa shape index (κ3) is 1.20. The number of nitrogens with zero attached hydrogens (tertiary/aromatic N) is 4. The predicted octanol–water partition coefficient (Wildman–Crippen LogP) is 0.0625. The fourth-order valence-corrected chi connectivity index (χ4v) is 1.25. The van der Waals surface area contributed by atoms with Crippen LogP contribution in [0.15, 0.2) is 18.7 Å². The first-order valence-corrected chi connectivity index (χ1v) is 4.33. The zero-order valence-corrected chi connectivity index (χ0v) is 7.88. The summed E-state index contributed by atoms with van der Waals surface area (Å²) in [5.74, 6) is 5.96. The van der Waals surface area contributed by atoms with Crippen molar-refractivity contribution in [2.75, 3.05) is 11.6 Å². The van der Waals surface area contributed by atoms with Crippen LogP contribution in [-0.2, 0) is 6.54 Å². The lowest BCUT2D eigenvalue weighted by Gasteiger charge is -1.95. The molecule has 0 saturated carbocycles. The molecule has 0 amide bonds. The van der Waals surface area contributed by atoms with E-state index in [0.717, 1.165) is 12.1 Å². The molecular weight excluding hydrogens is 180 g/mol. The van der Waals surface area contributed by atoms with Crippen molar-refractivity contribution in [1.82, 2.24) is 19.4 Å². The van der Waals surface area contributed by atoms with Crippen LogP contribution < -0.4 is 11.6 Å². The summed E-state index contributed by atoms with van der Waals surface area (Å²) in [4.78, 5) is 4.09. The Bertz CT molecular complexity index is 440. The number of aryl methyl sites for hydroxylation is 1. The lowest BCUT2D eigenvalue weighted by molar-refractivity contribution is 0.660. The topological polar surface area (TPSA) is 87.7 Å². The van der Waals surface area contributed by atoms with Crippen molar-refractivity contribution in [1.29, 1.82) is 0 Å². The van der Waals surface area contributed by atoms with Crippen molar-refractivity contribution < 1.29 is 0 Å². The van der Waals surface area contributed by atoms with Crippen molar-refractivity contribution in [3.63, 3.8) is 0 Å². The van der Waals surface area contributed by atoms with Gasteiger partial charge in [-0.15, -0.1) is 0 Å². The van der Waals surface area contributed by atoms with Crippen molar-refractivity contribution in [2.45, 2.75) is 13.5 Å². The molecule has 2 heterocycles. The maximum Gasteiger partial charge on any atom is 0.150 e. The fourth-order valence-electron chi connectivity index (χ4n) is 1.25. The van der Waals surface area contributed by atoms with Crippen molar-refractivity contribution in [3.05, 3.63) is 18.7 Å². The van der Waals surface area contributed by atoms with E-state index in [0.29, 0.717) is 11.5 Å². The van der Waals surface area contributed by atoms with E-state index in [2.05, 4.69) is 10.1 Å². The highest BCUT2D eigenvalue weighted by Crippen LogP contribution is 2.21. The van der Waals surface area contributed by atoms with Crippen LogP contribution in [0.5, 0.6) is 0 Å². The minimum atomic E-state index is 0.445. The second kappa shape index (κ2) is 3.06. The average molecular weight is 192 g/mol. The van der Waals surface area contributed by atoms with E-state index in [1.54, 1.807) is 6.20 Å². The molecule has 0 aliphatic carbocycles. The summed E-state index contributed by atoms with van der Waals surface area (Å²) >= 11 is 0. The average Bonchev–Trinajstić information content (AvgIpc) is 2.75. The molecule has 74 valence electrons. The van der Waals surface area contributed by atoms with E-state index in [1.165, 1.54) is 11.0 Å². The molecule has 0 bridgehead atoms. The van der Waals surface area contributed by atoms with Gasteiger partial charge < -0.3 is 11.6 Å². The molecule has 0 aliphatic rings. The van der Waals surface area contributed by atoms with E-state index >= 15 is 0 Å². The van der Waals surface area contributed by atoms with Gasteiger partial charge in [-0.3, -0.25) is 4.68 Å². The quantitative estimate of drug-likeness (QED) is 0.659. The Morgan fingerprint density at radius 2 is 2.29 bits per heavy atom. The molecule has 0 spiro atoms. The van der Waals surface area contributed by atoms with Crippen LogP contribution in [0.1, 0.15) is 6.92 Å². The molecule has 2 aromatic heterocycles. The number of nitrogen functional groups attached to an aromatic ring is 2.